The second-order valence-corrected chi connectivity index (χ2v) is 8.53. The first kappa shape index (κ1) is 22.1. The van der Waals surface area contributed by atoms with E-state index in [1.54, 1.807) is 0 Å². The monoisotopic (exact) mass is 474 g/mol. The summed E-state index contributed by atoms with van der Waals surface area (Å²) in [6.07, 6.45) is 1.66. The third kappa shape index (κ3) is 4.52. The third-order valence-electron chi connectivity index (χ3n) is 6.07. The number of hydrogen-bond donors (Lipinski definition) is 1. The zero-order valence-corrected chi connectivity index (χ0v) is 17.9. The lowest BCUT2D eigenvalue weighted by Gasteiger charge is -2.25. The molecule has 1 aromatic carbocycles. The summed E-state index contributed by atoms with van der Waals surface area (Å²) in [6.45, 7) is -0.267. The van der Waals surface area contributed by atoms with Crippen molar-refractivity contribution < 1.29 is 27.2 Å². The highest BCUT2D eigenvalue weighted by molar-refractivity contribution is 5.90. The molecule has 5 rings (SSSR count). The van der Waals surface area contributed by atoms with E-state index in [2.05, 4.69) is 20.6 Å². The average Bonchev–Trinajstić information content (AvgIpc) is 3.16. The highest BCUT2D eigenvalue weighted by Crippen LogP contribution is 2.44. The Balaban J connectivity index is 1.29. The summed E-state index contributed by atoms with van der Waals surface area (Å²) in [7, 11) is 0. The standard InChI is InChI=1S/C22H21F3N6O3/c23-22(24,25)21(33)31-11-14(9-15(31)12-30-8-7-27-29-30)28-19(32)20-26-10-18(34-20)17-4-2-1-3-16(17)13-5-6-13/h1-4,7-8,10,13-15H,5-6,9,11-12H2,(H,28,32)/t14-,15+/m1/s1. The van der Waals surface area contributed by atoms with E-state index in [4.69, 9.17) is 4.42 Å². The first-order valence-electron chi connectivity index (χ1n) is 10.9. The summed E-state index contributed by atoms with van der Waals surface area (Å²) in [5, 5.41) is 10.0. The average molecular weight is 474 g/mol. The van der Waals surface area contributed by atoms with Crippen molar-refractivity contribution in [1.82, 2.24) is 30.2 Å². The van der Waals surface area contributed by atoms with E-state index in [9.17, 15) is 22.8 Å². The largest absolute Gasteiger partial charge is 0.471 e. The van der Waals surface area contributed by atoms with Crippen molar-refractivity contribution in [2.75, 3.05) is 6.54 Å². The number of aromatic nitrogens is 4. The van der Waals surface area contributed by atoms with Crippen LogP contribution in [0.2, 0.25) is 0 Å². The number of amides is 2. The van der Waals surface area contributed by atoms with Crippen LogP contribution in [-0.2, 0) is 11.3 Å². The molecule has 0 spiro atoms. The molecule has 34 heavy (non-hydrogen) atoms. The predicted molar refractivity (Wildman–Crippen MR) is 111 cm³/mol. The number of benzene rings is 1. The van der Waals surface area contributed by atoms with Gasteiger partial charge in [0.1, 0.15) is 0 Å². The minimum atomic E-state index is -5.02. The number of rotatable bonds is 6. The first-order chi connectivity index (χ1) is 16.3. The topological polar surface area (TPSA) is 106 Å². The lowest BCUT2D eigenvalue weighted by atomic mass is 10.0. The highest BCUT2D eigenvalue weighted by atomic mass is 19.4. The van der Waals surface area contributed by atoms with Crippen molar-refractivity contribution in [1.29, 1.82) is 0 Å². The Labute approximate surface area is 191 Å². The molecule has 0 unspecified atom stereocenters. The van der Waals surface area contributed by atoms with Gasteiger partial charge in [0, 0.05) is 24.3 Å². The van der Waals surface area contributed by atoms with Crippen LogP contribution >= 0.6 is 0 Å². The Hall–Kier alpha value is -3.70. The van der Waals surface area contributed by atoms with Crippen LogP contribution in [0.25, 0.3) is 11.3 Å². The van der Waals surface area contributed by atoms with Gasteiger partial charge in [-0.2, -0.15) is 13.2 Å². The Morgan fingerprint density at radius 2 is 2.00 bits per heavy atom. The molecule has 2 fully saturated rings. The smallest absolute Gasteiger partial charge is 0.432 e. The summed E-state index contributed by atoms with van der Waals surface area (Å²) in [6, 6.07) is 6.24. The lowest BCUT2D eigenvalue weighted by Crippen LogP contribution is -2.46. The van der Waals surface area contributed by atoms with Crippen molar-refractivity contribution in [2.45, 2.75) is 50.0 Å². The van der Waals surface area contributed by atoms with Gasteiger partial charge in [-0.15, -0.1) is 5.10 Å². The third-order valence-corrected chi connectivity index (χ3v) is 6.07. The van der Waals surface area contributed by atoms with Gasteiger partial charge in [-0.05, 0) is 30.7 Å². The maximum absolute atomic E-state index is 13.1. The van der Waals surface area contributed by atoms with Gasteiger partial charge in [-0.3, -0.25) is 14.3 Å². The van der Waals surface area contributed by atoms with E-state index in [1.165, 1.54) is 23.3 Å². The zero-order chi connectivity index (χ0) is 23.9. The van der Waals surface area contributed by atoms with Crippen molar-refractivity contribution in [3.05, 3.63) is 54.3 Å². The molecule has 3 aromatic rings. The summed E-state index contributed by atoms with van der Waals surface area (Å²) in [5.74, 6) is -1.87. The SMILES string of the molecule is O=C(N[C@@H]1C[C@@H](Cn2ccnn2)N(C(=O)C(F)(F)F)C1)c1ncc(-c2ccccc2C2CC2)o1. The highest BCUT2D eigenvalue weighted by Gasteiger charge is 2.48. The van der Waals surface area contributed by atoms with Gasteiger partial charge >= 0.3 is 18.0 Å². The Morgan fingerprint density at radius 1 is 1.21 bits per heavy atom. The second-order valence-electron chi connectivity index (χ2n) is 8.53. The van der Waals surface area contributed by atoms with Gasteiger partial charge in [-0.25, -0.2) is 4.98 Å². The van der Waals surface area contributed by atoms with Crippen LogP contribution in [0.15, 0.2) is 47.3 Å². The number of nitrogens with zero attached hydrogens (tertiary/aromatic N) is 5. The van der Waals surface area contributed by atoms with Crippen LogP contribution in [0.1, 0.15) is 41.4 Å². The van der Waals surface area contributed by atoms with Gasteiger partial charge in [0.05, 0.1) is 25.0 Å². The van der Waals surface area contributed by atoms with Crippen molar-refractivity contribution in [3.63, 3.8) is 0 Å². The maximum Gasteiger partial charge on any atom is 0.471 e. The van der Waals surface area contributed by atoms with Crippen LogP contribution in [0, 0.1) is 0 Å². The summed E-state index contributed by atoms with van der Waals surface area (Å²) < 4.78 is 46.4. The van der Waals surface area contributed by atoms with E-state index in [0.717, 1.165) is 28.9 Å². The number of halogens is 3. The van der Waals surface area contributed by atoms with Gasteiger partial charge in [0.25, 0.3) is 5.89 Å². The van der Waals surface area contributed by atoms with Crippen LogP contribution in [0.5, 0.6) is 0 Å². The minimum absolute atomic E-state index is 0.0231. The van der Waals surface area contributed by atoms with E-state index < -0.39 is 30.1 Å². The van der Waals surface area contributed by atoms with E-state index >= 15 is 0 Å². The first-order valence-corrected chi connectivity index (χ1v) is 10.9. The Bertz CT molecular complexity index is 1190. The molecule has 9 nitrogen and oxygen atoms in total. The maximum atomic E-state index is 13.1. The predicted octanol–water partition coefficient (Wildman–Crippen LogP) is 2.77. The number of oxazole rings is 1. The van der Waals surface area contributed by atoms with Gasteiger partial charge < -0.3 is 14.6 Å². The molecule has 3 heterocycles. The molecular formula is C22H21F3N6O3. The van der Waals surface area contributed by atoms with Crippen molar-refractivity contribution in [3.8, 4) is 11.3 Å². The molecule has 1 aliphatic carbocycles. The Morgan fingerprint density at radius 3 is 2.71 bits per heavy atom. The molecule has 178 valence electrons. The number of likely N-dealkylation sites (tertiary alicyclic amines) is 1. The number of alkyl halides is 3. The van der Waals surface area contributed by atoms with E-state index in [0.29, 0.717) is 11.7 Å². The molecule has 0 bridgehead atoms. The Kier molecular flexibility index (Phi) is 5.58. The molecule has 1 N–H and O–H groups in total. The molecule has 0 radical (unpaired) electrons. The van der Waals surface area contributed by atoms with Crippen LogP contribution < -0.4 is 5.32 Å². The molecule has 1 aliphatic heterocycles. The molecule has 2 atom stereocenters. The second kappa shape index (κ2) is 8.58. The summed E-state index contributed by atoms with van der Waals surface area (Å²) in [5.41, 5.74) is 2.01. The van der Waals surface area contributed by atoms with Crippen molar-refractivity contribution in [2.24, 2.45) is 0 Å². The van der Waals surface area contributed by atoms with Crippen LogP contribution in [-0.4, -0.2) is 61.5 Å². The normalized spacial score (nSPS) is 20.5. The lowest BCUT2D eigenvalue weighted by molar-refractivity contribution is -0.186. The summed E-state index contributed by atoms with van der Waals surface area (Å²) in [4.78, 5) is 29.5. The fraction of sp³-hybridized carbons (Fsp3) is 0.409. The van der Waals surface area contributed by atoms with Gasteiger partial charge in [-0.1, -0.05) is 29.5 Å². The van der Waals surface area contributed by atoms with Crippen molar-refractivity contribution >= 4 is 11.8 Å². The van der Waals surface area contributed by atoms with E-state index in [1.807, 2.05) is 24.3 Å². The molecule has 2 aliphatic rings. The zero-order valence-electron chi connectivity index (χ0n) is 17.9. The number of hydrogen-bond acceptors (Lipinski definition) is 6. The molecule has 1 saturated carbocycles. The van der Waals surface area contributed by atoms with E-state index in [-0.39, 0.29) is 25.4 Å². The molecule has 2 aromatic heterocycles. The summed E-state index contributed by atoms with van der Waals surface area (Å²) >= 11 is 0. The fourth-order valence-electron chi connectivity index (χ4n) is 4.37. The van der Waals surface area contributed by atoms with Gasteiger partial charge in [0.15, 0.2) is 5.76 Å². The fourth-order valence-corrected chi connectivity index (χ4v) is 4.37. The number of carbonyl (C=O) groups excluding carboxylic acids is 2. The quantitative estimate of drug-likeness (QED) is 0.589. The van der Waals surface area contributed by atoms with Crippen LogP contribution in [0.3, 0.4) is 0 Å². The molecule has 2 amide bonds. The molecule has 12 heteroatoms. The number of nitrogens with one attached hydrogen (secondary N) is 1. The van der Waals surface area contributed by atoms with Crippen LogP contribution in [0.4, 0.5) is 13.2 Å². The molecular weight excluding hydrogens is 453 g/mol. The van der Waals surface area contributed by atoms with Gasteiger partial charge in [0.2, 0.25) is 0 Å². The number of carbonyl (C=O) groups is 2. The molecule has 1 saturated heterocycles. The minimum Gasteiger partial charge on any atom is -0.432 e.